The second-order valence-corrected chi connectivity index (χ2v) is 6.65. The normalized spacial score (nSPS) is 14.0. The molecule has 0 heterocycles. The van der Waals surface area contributed by atoms with Crippen molar-refractivity contribution in [2.75, 3.05) is 13.2 Å². The van der Waals surface area contributed by atoms with Gasteiger partial charge >= 0.3 is 0 Å². The van der Waals surface area contributed by atoms with Gasteiger partial charge in [-0.2, -0.15) is 0 Å². The molecular formula is C19H33NO2. The Labute approximate surface area is 136 Å². The van der Waals surface area contributed by atoms with E-state index in [1.54, 1.807) is 13.8 Å². The third kappa shape index (κ3) is 10.4. The molecule has 0 spiro atoms. The Morgan fingerprint density at radius 3 is 2.32 bits per heavy atom. The molecule has 0 aliphatic heterocycles. The molecule has 0 amide bonds. The summed E-state index contributed by atoms with van der Waals surface area (Å²) in [4.78, 5) is 0. The molecule has 0 unspecified atom stereocenters. The van der Waals surface area contributed by atoms with E-state index in [9.17, 15) is 5.11 Å². The van der Waals surface area contributed by atoms with Crippen molar-refractivity contribution in [3.63, 3.8) is 0 Å². The van der Waals surface area contributed by atoms with E-state index < -0.39 is 5.60 Å². The molecule has 0 aromatic heterocycles. The minimum atomic E-state index is -0.693. The molecule has 0 saturated heterocycles. The molecule has 0 radical (unpaired) electrons. The Bertz CT molecular complexity index is 423. The van der Waals surface area contributed by atoms with Gasteiger partial charge in [-0.15, -0.1) is 0 Å². The number of nitrogens with one attached hydrogen (secondary N) is 1. The number of hydrogen-bond donors (Lipinski definition) is 2. The number of hydrogen-bond acceptors (Lipinski definition) is 3. The molecule has 3 heteroatoms. The van der Waals surface area contributed by atoms with Gasteiger partial charge in [0.1, 0.15) is 0 Å². The fourth-order valence-corrected chi connectivity index (χ4v) is 1.69. The first-order valence-corrected chi connectivity index (χ1v) is 7.86. The van der Waals surface area contributed by atoms with E-state index in [2.05, 4.69) is 11.9 Å². The second kappa shape index (κ2) is 9.65. The lowest BCUT2D eigenvalue weighted by Gasteiger charge is -2.28. The van der Waals surface area contributed by atoms with Crippen LogP contribution in [0.1, 0.15) is 48.0 Å². The third-order valence-corrected chi connectivity index (χ3v) is 3.10. The van der Waals surface area contributed by atoms with Gasteiger partial charge in [0.2, 0.25) is 0 Å². The van der Waals surface area contributed by atoms with Crippen LogP contribution in [0, 0.1) is 0 Å². The topological polar surface area (TPSA) is 41.5 Å². The summed E-state index contributed by atoms with van der Waals surface area (Å²) in [6, 6.07) is 0. The summed E-state index contributed by atoms with van der Waals surface area (Å²) in [5.74, 6) is 0. The van der Waals surface area contributed by atoms with Gasteiger partial charge in [-0.1, -0.05) is 37.0 Å². The Morgan fingerprint density at radius 2 is 1.82 bits per heavy atom. The van der Waals surface area contributed by atoms with Gasteiger partial charge in [0.15, 0.2) is 0 Å². The zero-order chi connectivity index (χ0) is 17.2. The van der Waals surface area contributed by atoms with Crippen LogP contribution in [0.5, 0.6) is 0 Å². The maximum atomic E-state index is 9.72. The molecule has 22 heavy (non-hydrogen) atoms. The number of allylic oxidation sites excluding steroid dienone is 5. The van der Waals surface area contributed by atoms with Crippen molar-refractivity contribution in [2.24, 2.45) is 0 Å². The quantitative estimate of drug-likeness (QED) is 0.596. The zero-order valence-corrected chi connectivity index (χ0v) is 15.1. The minimum absolute atomic E-state index is 0.324. The van der Waals surface area contributed by atoms with E-state index in [-0.39, 0.29) is 5.60 Å². The van der Waals surface area contributed by atoms with Crippen molar-refractivity contribution >= 4 is 0 Å². The number of aliphatic hydroxyl groups is 1. The monoisotopic (exact) mass is 307 g/mol. The molecule has 0 aromatic rings. The van der Waals surface area contributed by atoms with Crippen LogP contribution in [0.2, 0.25) is 0 Å². The van der Waals surface area contributed by atoms with Gasteiger partial charge in [-0.05, 0) is 53.5 Å². The molecule has 2 N–H and O–H groups in total. The number of rotatable bonds is 10. The van der Waals surface area contributed by atoms with E-state index in [1.165, 1.54) is 0 Å². The molecule has 126 valence electrons. The lowest BCUT2D eigenvalue weighted by molar-refractivity contribution is -0.0434. The van der Waals surface area contributed by atoms with Gasteiger partial charge in [0.25, 0.3) is 0 Å². The minimum Gasteiger partial charge on any atom is -0.390 e. The Balaban J connectivity index is 4.47. The van der Waals surface area contributed by atoms with E-state index in [1.807, 2.05) is 58.1 Å². The predicted molar refractivity (Wildman–Crippen MR) is 95.8 cm³/mol. The average molecular weight is 307 g/mol. The van der Waals surface area contributed by atoms with Gasteiger partial charge in [0, 0.05) is 12.2 Å². The standard InChI is InChI=1S/C19H33NO2/c1-8-10-12-17(11-9-2)16(3)20-15-19(6,7)22-14-13-18(4,5)21/h8-12,20-21H,3,13-15H2,1-2,4-7H3/b10-8-,11-9-,17-12+. The Hall–Kier alpha value is -1.32. The van der Waals surface area contributed by atoms with Gasteiger partial charge in [-0.25, -0.2) is 0 Å². The molecular weight excluding hydrogens is 274 g/mol. The van der Waals surface area contributed by atoms with E-state index in [0.29, 0.717) is 19.6 Å². The van der Waals surface area contributed by atoms with Crippen LogP contribution >= 0.6 is 0 Å². The van der Waals surface area contributed by atoms with Crippen molar-refractivity contribution < 1.29 is 9.84 Å². The van der Waals surface area contributed by atoms with Crippen LogP contribution in [0.25, 0.3) is 0 Å². The first-order valence-electron chi connectivity index (χ1n) is 7.86. The molecule has 3 nitrogen and oxygen atoms in total. The summed E-state index contributed by atoms with van der Waals surface area (Å²) in [5, 5.41) is 13.0. The fourth-order valence-electron chi connectivity index (χ4n) is 1.69. The zero-order valence-electron chi connectivity index (χ0n) is 15.1. The lowest BCUT2D eigenvalue weighted by Crippen LogP contribution is -2.38. The van der Waals surface area contributed by atoms with Crippen molar-refractivity contribution in [1.29, 1.82) is 0 Å². The predicted octanol–water partition coefficient (Wildman–Crippen LogP) is 4.12. The molecule has 0 rings (SSSR count). The van der Waals surface area contributed by atoms with Crippen LogP contribution in [0.4, 0.5) is 0 Å². The van der Waals surface area contributed by atoms with Gasteiger partial charge < -0.3 is 15.2 Å². The highest BCUT2D eigenvalue weighted by Crippen LogP contribution is 2.15. The molecule has 0 fully saturated rings. The highest BCUT2D eigenvalue weighted by atomic mass is 16.5. The first kappa shape index (κ1) is 20.7. The summed E-state index contributed by atoms with van der Waals surface area (Å²) in [7, 11) is 0. The van der Waals surface area contributed by atoms with Crippen molar-refractivity contribution in [3.8, 4) is 0 Å². The Morgan fingerprint density at radius 1 is 1.18 bits per heavy atom. The van der Waals surface area contributed by atoms with Crippen LogP contribution in [0.15, 0.2) is 48.2 Å². The molecule has 0 atom stereocenters. The smallest absolute Gasteiger partial charge is 0.0798 e. The van der Waals surface area contributed by atoms with Gasteiger partial charge in [0.05, 0.1) is 17.8 Å². The van der Waals surface area contributed by atoms with Crippen molar-refractivity contribution in [3.05, 3.63) is 48.2 Å². The average Bonchev–Trinajstić information content (AvgIpc) is 2.39. The molecule has 0 bridgehead atoms. The maximum absolute atomic E-state index is 9.72. The molecule has 0 aliphatic carbocycles. The van der Waals surface area contributed by atoms with E-state index in [0.717, 1.165) is 11.3 Å². The van der Waals surface area contributed by atoms with Gasteiger partial charge in [-0.3, -0.25) is 0 Å². The highest BCUT2D eigenvalue weighted by molar-refractivity contribution is 5.39. The first-order chi connectivity index (χ1) is 10.1. The van der Waals surface area contributed by atoms with Crippen LogP contribution in [0.3, 0.4) is 0 Å². The van der Waals surface area contributed by atoms with Crippen molar-refractivity contribution in [1.82, 2.24) is 5.32 Å². The molecule has 0 aliphatic rings. The summed E-state index contributed by atoms with van der Waals surface area (Å²) in [5.41, 5.74) is 0.903. The molecule has 0 saturated carbocycles. The summed E-state index contributed by atoms with van der Waals surface area (Å²) in [6.45, 7) is 16.9. The summed E-state index contributed by atoms with van der Waals surface area (Å²) in [6.07, 6.45) is 10.6. The largest absolute Gasteiger partial charge is 0.390 e. The van der Waals surface area contributed by atoms with Crippen LogP contribution < -0.4 is 5.32 Å². The molecule has 0 aromatic carbocycles. The fraction of sp³-hybridized carbons (Fsp3) is 0.579. The summed E-state index contributed by atoms with van der Waals surface area (Å²) >= 11 is 0. The Kier molecular flexibility index (Phi) is 9.07. The highest BCUT2D eigenvalue weighted by Gasteiger charge is 2.20. The maximum Gasteiger partial charge on any atom is 0.0798 e. The van der Waals surface area contributed by atoms with Crippen LogP contribution in [-0.4, -0.2) is 29.5 Å². The van der Waals surface area contributed by atoms with E-state index >= 15 is 0 Å². The third-order valence-electron chi connectivity index (χ3n) is 3.10. The van der Waals surface area contributed by atoms with Crippen LogP contribution in [-0.2, 0) is 4.74 Å². The van der Waals surface area contributed by atoms with Crippen molar-refractivity contribution in [2.45, 2.75) is 59.2 Å². The second-order valence-electron chi connectivity index (χ2n) is 6.65. The SMILES string of the molecule is C=C(NCC(C)(C)OCCC(C)(C)O)C(/C=C\C)=C/C=C\C. The van der Waals surface area contributed by atoms with E-state index in [4.69, 9.17) is 4.74 Å². The number of ether oxygens (including phenoxy) is 1. The lowest BCUT2D eigenvalue weighted by atomic mass is 10.1. The summed E-state index contributed by atoms with van der Waals surface area (Å²) < 4.78 is 5.86.